The number of carboxylic acids is 1. The molecule has 2 aromatic heterocycles. The Hall–Kier alpha value is -2.15. The highest BCUT2D eigenvalue weighted by atomic mass is 32.1. The van der Waals surface area contributed by atoms with E-state index in [1.54, 1.807) is 24.4 Å². The monoisotopic (exact) mass is 266 g/mol. The van der Waals surface area contributed by atoms with E-state index in [-0.39, 0.29) is 5.76 Å². The van der Waals surface area contributed by atoms with Crippen molar-refractivity contribution in [2.24, 2.45) is 0 Å². The van der Waals surface area contributed by atoms with Crippen LogP contribution in [-0.4, -0.2) is 22.0 Å². The van der Waals surface area contributed by atoms with Gasteiger partial charge in [0.05, 0.1) is 5.69 Å². The van der Waals surface area contributed by atoms with Crippen LogP contribution in [0.5, 0.6) is 0 Å². The number of rotatable bonds is 4. The van der Waals surface area contributed by atoms with Gasteiger partial charge in [-0.3, -0.25) is 4.79 Å². The van der Waals surface area contributed by atoms with E-state index in [9.17, 15) is 9.59 Å². The number of carbonyl (C=O) groups excluding carboxylic acids is 1. The predicted molar refractivity (Wildman–Crippen MR) is 63.4 cm³/mol. The van der Waals surface area contributed by atoms with Crippen molar-refractivity contribution in [1.29, 1.82) is 0 Å². The van der Waals surface area contributed by atoms with Crippen molar-refractivity contribution >= 4 is 23.2 Å². The second-order valence-electron chi connectivity index (χ2n) is 3.53. The van der Waals surface area contributed by atoms with Crippen LogP contribution >= 0.6 is 11.3 Å². The molecule has 0 radical (unpaired) electrons. The summed E-state index contributed by atoms with van der Waals surface area (Å²) in [5.74, 6) is -1.69. The summed E-state index contributed by atoms with van der Waals surface area (Å²) in [4.78, 5) is 27.3. The first-order valence-corrected chi connectivity index (χ1v) is 5.94. The third-order valence-corrected chi connectivity index (χ3v) is 3.24. The maximum Gasteiger partial charge on any atom is 0.331 e. The van der Waals surface area contributed by atoms with Crippen LogP contribution in [0.15, 0.2) is 28.3 Å². The molecule has 0 saturated heterocycles. The van der Waals surface area contributed by atoms with Gasteiger partial charge in [0.25, 0.3) is 5.91 Å². The van der Waals surface area contributed by atoms with Crippen LogP contribution in [0.2, 0.25) is 0 Å². The number of thiophene rings is 1. The summed E-state index contributed by atoms with van der Waals surface area (Å²) in [5, 5.41) is 13.3. The summed E-state index contributed by atoms with van der Waals surface area (Å²) in [6.45, 7) is 1.61. The second kappa shape index (κ2) is 5.01. The molecule has 1 amide bonds. The first-order valence-electron chi connectivity index (χ1n) is 5.06. The first-order chi connectivity index (χ1) is 8.59. The average Bonchev–Trinajstić information content (AvgIpc) is 2.95. The molecule has 2 aromatic rings. The van der Waals surface area contributed by atoms with Gasteiger partial charge < -0.3 is 14.8 Å². The van der Waals surface area contributed by atoms with Crippen LogP contribution in [0.4, 0.5) is 0 Å². The molecule has 0 saturated carbocycles. The van der Waals surface area contributed by atoms with Crippen molar-refractivity contribution in [3.63, 3.8) is 0 Å². The van der Waals surface area contributed by atoms with Crippen LogP contribution in [-0.2, 0) is 4.79 Å². The van der Waals surface area contributed by atoms with E-state index in [0.717, 1.165) is 6.39 Å². The Morgan fingerprint density at radius 1 is 1.56 bits per heavy atom. The minimum absolute atomic E-state index is 0.0257. The Labute approximate surface area is 106 Å². The maximum atomic E-state index is 11.8. The summed E-state index contributed by atoms with van der Waals surface area (Å²) in [5.41, 5.74) is 0.419. The van der Waals surface area contributed by atoms with Gasteiger partial charge in [0.15, 0.2) is 12.4 Å². The fraction of sp³-hybridized carbons (Fsp3) is 0.182. The second-order valence-corrected chi connectivity index (χ2v) is 4.51. The zero-order valence-electron chi connectivity index (χ0n) is 9.41. The molecule has 2 N–H and O–H groups in total. The topological polar surface area (TPSA) is 92.4 Å². The molecular formula is C11H10N2O4S. The van der Waals surface area contributed by atoms with Crippen molar-refractivity contribution in [2.45, 2.75) is 13.0 Å². The summed E-state index contributed by atoms with van der Waals surface area (Å²) in [6.07, 6.45) is 1.14. The number of hydrogen-bond acceptors (Lipinski definition) is 5. The molecule has 0 aliphatic heterocycles. The van der Waals surface area contributed by atoms with E-state index in [2.05, 4.69) is 10.3 Å². The lowest BCUT2D eigenvalue weighted by atomic mass is 10.2. The zero-order valence-corrected chi connectivity index (χ0v) is 10.2. The zero-order chi connectivity index (χ0) is 13.1. The highest BCUT2D eigenvalue weighted by Crippen LogP contribution is 2.20. The molecule has 1 unspecified atom stereocenters. The smallest absolute Gasteiger partial charge is 0.331 e. The largest absolute Gasteiger partial charge is 0.479 e. The molecule has 0 aliphatic carbocycles. The molecule has 7 heteroatoms. The lowest BCUT2D eigenvalue weighted by Gasteiger charge is -2.11. The fourth-order valence-electron chi connectivity index (χ4n) is 1.43. The minimum Gasteiger partial charge on any atom is -0.479 e. The number of oxazole rings is 1. The van der Waals surface area contributed by atoms with Crippen molar-refractivity contribution in [3.05, 3.63) is 40.2 Å². The normalized spacial score (nSPS) is 12.1. The quantitative estimate of drug-likeness (QED) is 0.876. The third kappa shape index (κ3) is 2.40. The van der Waals surface area contributed by atoms with Crippen molar-refractivity contribution in [1.82, 2.24) is 10.3 Å². The SMILES string of the molecule is Cc1ncoc1C(=O)NC(C(=O)O)c1cccs1. The van der Waals surface area contributed by atoms with E-state index in [1.165, 1.54) is 11.3 Å². The highest BCUT2D eigenvalue weighted by Gasteiger charge is 2.25. The van der Waals surface area contributed by atoms with E-state index < -0.39 is 17.9 Å². The average molecular weight is 266 g/mol. The molecular weight excluding hydrogens is 256 g/mol. The van der Waals surface area contributed by atoms with Crippen LogP contribution in [0.3, 0.4) is 0 Å². The molecule has 0 fully saturated rings. The van der Waals surface area contributed by atoms with Crippen LogP contribution in [0.25, 0.3) is 0 Å². The Morgan fingerprint density at radius 3 is 2.83 bits per heavy atom. The number of aliphatic carboxylic acids is 1. The number of carbonyl (C=O) groups is 2. The predicted octanol–water partition coefficient (Wildman–Crippen LogP) is 1.60. The number of aryl methyl sites for hydroxylation is 1. The molecule has 6 nitrogen and oxygen atoms in total. The van der Waals surface area contributed by atoms with Gasteiger partial charge in [-0.2, -0.15) is 0 Å². The summed E-state index contributed by atoms with van der Waals surface area (Å²) in [7, 11) is 0. The Kier molecular flexibility index (Phi) is 3.42. The van der Waals surface area contributed by atoms with Crippen molar-refractivity contribution in [2.75, 3.05) is 0 Å². The number of hydrogen-bond donors (Lipinski definition) is 2. The summed E-state index contributed by atoms with van der Waals surface area (Å²) in [6, 6.07) is 2.29. The van der Waals surface area contributed by atoms with Gasteiger partial charge >= 0.3 is 5.97 Å². The number of carboxylic acid groups (broad SMARTS) is 1. The van der Waals surface area contributed by atoms with E-state index >= 15 is 0 Å². The van der Waals surface area contributed by atoms with Gasteiger partial charge in [-0.05, 0) is 18.4 Å². The molecule has 1 atom stereocenters. The molecule has 94 valence electrons. The minimum atomic E-state index is -1.12. The van der Waals surface area contributed by atoms with Gasteiger partial charge in [-0.1, -0.05) is 6.07 Å². The van der Waals surface area contributed by atoms with Crippen molar-refractivity contribution in [3.8, 4) is 0 Å². The van der Waals surface area contributed by atoms with E-state index in [1.807, 2.05) is 0 Å². The highest BCUT2D eigenvalue weighted by molar-refractivity contribution is 7.10. The Balaban J connectivity index is 2.18. The lowest BCUT2D eigenvalue weighted by molar-refractivity contribution is -0.139. The number of nitrogens with one attached hydrogen (secondary N) is 1. The number of amides is 1. The van der Waals surface area contributed by atoms with Crippen LogP contribution in [0.1, 0.15) is 27.2 Å². The van der Waals surface area contributed by atoms with Gasteiger partial charge in [-0.25, -0.2) is 9.78 Å². The molecule has 0 bridgehead atoms. The van der Waals surface area contributed by atoms with Crippen LogP contribution in [0, 0.1) is 6.92 Å². The molecule has 0 spiro atoms. The van der Waals surface area contributed by atoms with E-state index in [0.29, 0.717) is 10.6 Å². The first kappa shape index (κ1) is 12.3. The summed E-state index contributed by atoms with van der Waals surface area (Å²) >= 11 is 1.26. The Bertz CT molecular complexity index is 561. The third-order valence-electron chi connectivity index (χ3n) is 2.30. The van der Waals surface area contributed by atoms with E-state index in [4.69, 9.17) is 9.52 Å². The fourth-order valence-corrected chi connectivity index (χ4v) is 2.19. The van der Waals surface area contributed by atoms with Crippen LogP contribution < -0.4 is 5.32 Å². The van der Waals surface area contributed by atoms with Crippen molar-refractivity contribution < 1.29 is 19.1 Å². The van der Waals surface area contributed by atoms with Gasteiger partial charge in [0.2, 0.25) is 5.76 Å². The molecule has 18 heavy (non-hydrogen) atoms. The number of nitrogens with zero attached hydrogens (tertiary/aromatic N) is 1. The van der Waals surface area contributed by atoms with Gasteiger partial charge in [-0.15, -0.1) is 11.3 Å². The summed E-state index contributed by atoms with van der Waals surface area (Å²) < 4.78 is 4.91. The lowest BCUT2D eigenvalue weighted by Crippen LogP contribution is -2.33. The van der Waals surface area contributed by atoms with Gasteiger partial charge in [0.1, 0.15) is 0 Å². The molecule has 0 aromatic carbocycles. The molecule has 0 aliphatic rings. The Morgan fingerprint density at radius 2 is 2.33 bits per heavy atom. The molecule has 2 rings (SSSR count). The standard InChI is InChI=1S/C11H10N2O4S/c1-6-9(17-5-12-6)10(14)13-8(11(15)16)7-3-2-4-18-7/h2-5,8H,1H3,(H,13,14)(H,15,16). The maximum absolute atomic E-state index is 11.8. The van der Waals surface area contributed by atoms with Gasteiger partial charge in [0, 0.05) is 4.88 Å². The number of aromatic nitrogens is 1. The molecule has 2 heterocycles.